The molecule has 2 nitrogen and oxygen atoms in total. The van der Waals surface area contributed by atoms with Crippen molar-refractivity contribution in [1.82, 2.24) is 0 Å². The fourth-order valence-electron chi connectivity index (χ4n) is 1.25. The summed E-state index contributed by atoms with van der Waals surface area (Å²) in [5.74, 6) is 0.0281. The molecule has 1 heterocycles. The number of carbonyl (C=O) groups excluding carboxylic acids is 1. The highest BCUT2D eigenvalue weighted by atomic mass is 35.5. The molecule has 0 fully saturated rings. The van der Waals surface area contributed by atoms with Gasteiger partial charge in [0.2, 0.25) is 5.78 Å². The lowest BCUT2D eigenvalue weighted by molar-refractivity contribution is 0.102. The fraction of sp³-hybridized carbons (Fsp3) is 0. The van der Waals surface area contributed by atoms with Gasteiger partial charge in [0, 0.05) is 5.39 Å². The maximum atomic E-state index is 11.2. The topological polar surface area (TPSA) is 30.2 Å². The summed E-state index contributed by atoms with van der Waals surface area (Å²) in [5.41, 5.74) is 0.541. The van der Waals surface area contributed by atoms with E-state index in [9.17, 15) is 4.79 Å². The Balaban J connectivity index is 2.68. The monoisotopic (exact) mass is 206 g/mol. The number of ketones is 1. The second-order valence-corrected chi connectivity index (χ2v) is 3.24. The number of halogens is 1. The Morgan fingerprint density at radius 3 is 2.93 bits per heavy atom. The van der Waals surface area contributed by atoms with Crippen molar-refractivity contribution in [2.24, 2.45) is 0 Å². The number of hydrogen-bond donors (Lipinski definition) is 0. The molecule has 0 saturated carbocycles. The third-order valence-electron chi connectivity index (χ3n) is 1.92. The first kappa shape index (κ1) is 9.03. The van der Waals surface area contributed by atoms with E-state index in [0.717, 1.165) is 5.39 Å². The number of fused-ring (bicyclic) bond motifs is 1. The minimum atomic E-state index is -0.239. The van der Waals surface area contributed by atoms with Crippen molar-refractivity contribution >= 4 is 28.4 Å². The summed E-state index contributed by atoms with van der Waals surface area (Å²) in [6, 6.07) is 7.02. The predicted octanol–water partition coefficient (Wildman–Crippen LogP) is 3.45. The van der Waals surface area contributed by atoms with Gasteiger partial charge in [0.15, 0.2) is 11.3 Å². The standard InChI is InChI=1S/C11H7ClO2/c1-2-9(13)10-6-7-4-3-5-8(12)11(7)14-10/h2-6H,1H2. The van der Waals surface area contributed by atoms with E-state index >= 15 is 0 Å². The van der Waals surface area contributed by atoms with Gasteiger partial charge in [0.1, 0.15) is 0 Å². The minimum absolute atomic E-state index is 0.239. The lowest BCUT2D eigenvalue weighted by atomic mass is 10.2. The number of para-hydroxylation sites is 1. The van der Waals surface area contributed by atoms with Crippen LogP contribution in [0.25, 0.3) is 11.0 Å². The Hall–Kier alpha value is -1.54. The van der Waals surface area contributed by atoms with E-state index in [2.05, 4.69) is 6.58 Å². The molecule has 70 valence electrons. The Morgan fingerprint density at radius 2 is 2.29 bits per heavy atom. The minimum Gasteiger partial charge on any atom is -0.451 e. The lowest BCUT2D eigenvalue weighted by Crippen LogP contribution is -1.88. The molecular weight excluding hydrogens is 200 g/mol. The van der Waals surface area contributed by atoms with Crippen molar-refractivity contribution in [2.45, 2.75) is 0 Å². The Morgan fingerprint density at radius 1 is 1.50 bits per heavy atom. The van der Waals surface area contributed by atoms with Gasteiger partial charge in [-0.25, -0.2) is 0 Å². The molecule has 2 rings (SSSR count). The zero-order chi connectivity index (χ0) is 10.1. The van der Waals surface area contributed by atoms with Crippen LogP contribution in [-0.2, 0) is 0 Å². The zero-order valence-corrected chi connectivity index (χ0v) is 8.04. The van der Waals surface area contributed by atoms with Crippen molar-refractivity contribution in [2.75, 3.05) is 0 Å². The van der Waals surface area contributed by atoms with E-state index in [1.165, 1.54) is 6.08 Å². The van der Waals surface area contributed by atoms with E-state index in [1.807, 2.05) is 12.1 Å². The number of carbonyl (C=O) groups is 1. The molecule has 0 unspecified atom stereocenters. The molecule has 0 aliphatic heterocycles. The molecule has 1 aromatic heterocycles. The van der Waals surface area contributed by atoms with Crippen LogP contribution < -0.4 is 0 Å². The van der Waals surface area contributed by atoms with Gasteiger partial charge in [-0.15, -0.1) is 0 Å². The van der Waals surface area contributed by atoms with E-state index in [0.29, 0.717) is 10.6 Å². The second kappa shape index (κ2) is 3.31. The second-order valence-electron chi connectivity index (χ2n) is 2.84. The SMILES string of the molecule is C=CC(=O)c1cc2cccc(Cl)c2o1. The third-order valence-corrected chi connectivity index (χ3v) is 2.22. The van der Waals surface area contributed by atoms with Gasteiger partial charge in [-0.2, -0.15) is 0 Å². The maximum Gasteiger partial charge on any atom is 0.220 e. The Labute approximate surface area is 85.8 Å². The summed E-state index contributed by atoms with van der Waals surface area (Å²) in [5, 5.41) is 1.33. The highest BCUT2D eigenvalue weighted by Gasteiger charge is 2.10. The molecule has 0 radical (unpaired) electrons. The van der Waals surface area contributed by atoms with Crippen LogP contribution in [0.4, 0.5) is 0 Å². The van der Waals surface area contributed by atoms with E-state index in [-0.39, 0.29) is 11.5 Å². The van der Waals surface area contributed by atoms with Gasteiger partial charge in [-0.3, -0.25) is 4.79 Å². The summed E-state index contributed by atoms with van der Waals surface area (Å²) in [7, 11) is 0. The van der Waals surface area contributed by atoms with Gasteiger partial charge in [0.25, 0.3) is 0 Å². The molecule has 0 N–H and O–H groups in total. The van der Waals surface area contributed by atoms with Gasteiger partial charge in [-0.05, 0) is 18.2 Å². The van der Waals surface area contributed by atoms with Gasteiger partial charge >= 0.3 is 0 Å². The van der Waals surface area contributed by atoms with Crippen LogP contribution in [0, 0.1) is 0 Å². The van der Waals surface area contributed by atoms with Crippen LogP contribution in [0.5, 0.6) is 0 Å². The first-order valence-corrected chi connectivity index (χ1v) is 4.45. The highest BCUT2D eigenvalue weighted by molar-refractivity contribution is 6.34. The molecule has 0 saturated heterocycles. The summed E-state index contributed by atoms with van der Waals surface area (Å²) >= 11 is 5.89. The quantitative estimate of drug-likeness (QED) is 0.557. The average Bonchev–Trinajstić information content (AvgIpc) is 2.62. The summed E-state index contributed by atoms with van der Waals surface area (Å²) in [6.45, 7) is 3.39. The third kappa shape index (κ3) is 1.34. The van der Waals surface area contributed by atoms with E-state index < -0.39 is 0 Å². The van der Waals surface area contributed by atoms with Crippen molar-refractivity contribution in [1.29, 1.82) is 0 Å². The number of rotatable bonds is 2. The summed E-state index contributed by atoms with van der Waals surface area (Å²) in [4.78, 5) is 11.2. The van der Waals surface area contributed by atoms with Crippen molar-refractivity contribution in [3.8, 4) is 0 Å². The highest BCUT2D eigenvalue weighted by Crippen LogP contribution is 2.26. The molecule has 0 aliphatic rings. The molecule has 3 heteroatoms. The predicted molar refractivity (Wildman–Crippen MR) is 55.8 cm³/mol. The normalized spacial score (nSPS) is 10.4. The zero-order valence-electron chi connectivity index (χ0n) is 7.29. The average molecular weight is 207 g/mol. The first-order valence-electron chi connectivity index (χ1n) is 4.07. The molecule has 0 spiro atoms. The molecule has 0 bridgehead atoms. The van der Waals surface area contributed by atoms with Gasteiger partial charge in [-0.1, -0.05) is 30.3 Å². The number of hydrogen-bond acceptors (Lipinski definition) is 2. The van der Waals surface area contributed by atoms with Crippen LogP contribution in [0.2, 0.25) is 5.02 Å². The summed E-state index contributed by atoms with van der Waals surface area (Å²) < 4.78 is 5.30. The van der Waals surface area contributed by atoms with Crippen LogP contribution >= 0.6 is 11.6 Å². The number of allylic oxidation sites excluding steroid dienone is 1. The first-order chi connectivity index (χ1) is 6.72. The number of benzene rings is 1. The Kier molecular flexibility index (Phi) is 2.14. The van der Waals surface area contributed by atoms with Crippen molar-refractivity contribution in [3.63, 3.8) is 0 Å². The molecule has 0 atom stereocenters. The fourth-order valence-corrected chi connectivity index (χ4v) is 1.47. The molecule has 2 aromatic rings. The molecule has 0 amide bonds. The van der Waals surface area contributed by atoms with E-state index in [4.69, 9.17) is 16.0 Å². The van der Waals surface area contributed by atoms with Crippen molar-refractivity contribution < 1.29 is 9.21 Å². The molecule has 14 heavy (non-hydrogen) atoms. The van der Waals surface area contributed by atoms with Gasteiger partial charge in [0.05, 0.1) is 5.02 Å². The van der Waals surface area contributed by atoms with Gasteiger partial charge < -0.3 is 4.42 Å². The molecule has 0 aliphatic carbocycles. The van der Waals surface area contributed by atoms with Crippen LogP contribution in [0.15, 0.2) is 41.3 Å². The van der Waals surface area contributed by atoms with Crippen LogP contribution in [0.3, 0.4) is 0 Å². The lowest BCUT2D eigenvalue weighted by Gasteiger charge is -1.89. The van der Waals surface area contributed by atoms with E-state index in [1.54, 1.807) is 12.1 Å². The largest absolute Gasteiger partial charge is 0.451 e. The van der Waals surface area contributed by atoms with Crippen LogP contribution in [0.1, 0.15) is 10.6 Å². The van der Waals surface area contributed by atoms with Crippen LogP contribution in [-0.4, -0.2) is 5.78 Å². The number of furan rings is 1. The van der Waals surface area contributed by atoms with Crippen molar-refractivity contribution in [3.05, 3.63) is 47.7 Å². The smallest absolute Gasteiger partial charge is 0.220 e. The maximum absolute atomic E-state index is 11.2. The molecular formula is C11H7ClO2. The molecule has 1 aromatic carbocycles. The Bertz CT molecular complexity index is 511. The summed E-state index contributed by atoms with van der Waals surface area (Å²) in [6.07, 6.45) is 1.21.